The fraction of sp³-hybridized carbons (Fsp3) is 0.733. The Hall–Kier alpha value is -10.8. The summed E-state index contributed by atoms with van der Waals surface area (Å²) in [6.07, 6.45) is 16.9. The van der Waals surface area contributed by atoms with E-state index >= 15 is 0 Å². The van der Waals surface area contributed by atoms with E-state index in [2.05, 4.69) is 125 Å². The zero-order chi connectivity index (χ0) is 105. The van der Waals surface area contributed by atoms with Gasteiger partial charge in [-0.2, -0.15) is 0 Å². The summed E-state index contributed by atoms with van der Waals surface area (Å²) in [7, 11) is 0. The first-order valence-corrected chi connectivity index (χ1v) is 51.4. The molecule has 36 nitrogen and oxygen atoms in total. The van der Waals surface area contributed by atoms with Gasteiger partial charge in [-0.25, -0.2) is 14.4 Å². The minimum Gasteiger partial charge on any atom is -0.346 e. The first-order chi connectivity index (χ1) is 65.9. The number of hydrogen-bond acceptors (Lipinski definition) is 18. The van der Waals surface area contributed by atoms with Gasteiger partial charge in [0.2, 0.25) is 64.6 Å². The Kier molecular flexibility index (Phi) is 38.4. The number of nitrogens with one attached hydrogen (secondary N) is 12. The predicted octanol–water partition coefficient (Wildman–Crippen LogP) is 7.37. The second kappa shape index (κ2) is 47.6. The molecule has 10 fully saturated rings. The number of fused-ring (bicyclic) bond motifs is 3. The van der Waals surface area contributed by atoms with Gasteiger partial charge in [-0.1, -0.05) is 215 Å². The van der Waals surface area contributed by atoms with Crippen molar-refractivity contribution in [1.29, 1.82) is 0 Å². The molecule has 784 valence electrons. The highest BCUT2D eigenvalue weighted by molar-refractivity contribution is 6.39. The van der Waals surface area contributed by atoms with E-state index in [0.717, 1.165) is 57.8 Å². The van der Waals surface area contributed by atoms with Gasteiger partial charge >= 0.3 is 18.1 Å². The highest BCUT2D eigenvalue weighted by Crippen LogP contribution is 2.67. The number of likely N-dealkylation sites (tertiary alicyclic amines) is 5. The number of nitrogens with zero attached hydrogens (tertiary/aromatic N) is 6. The quantitative estimate of drug-likeness (QED) is 0.0224. The lowest BCUT2D eigenvalue weighted by molar-refractivity contribution is -0.145. The van der Waals surface area contributed by atoms with E-state index in [1.165, 1.54) is 28.9 Å². The molecule has 18 atom stereocenters. The largest absolute Gasteiger partial charge is 0.346 e. The summed E-state index contributed by atoms with van der Waals surface area (Å²) in [5.41, 5.74) is -2.82. The number of piperidine rings is 5. The number of amides is 17. The van der Waals surface area contributed by atoms with Crippen molar-refractivity contribution in [3.05, 3.63) is 72.7 Å². The smallest absolute Gasteiger partial charge is 0.315 e. The summed E-state index contributed by atoms with van der Waals surface area (Å²) < 4.78 is 1.53. The Morgan fingerprint density at radius 1 is 0.418 bits per heavy atom. The van der Waals surface area contributed by atoms with Gasteiger partial charge in [0.25, 0.3) is 23.3 Å². The molecule has 5 aliphatic carbocycles. The lowest BCUT2D eigenvalue weighted by Gasteiger charge is -2.38. The van der Waals surface area contributed by atoms with E-state index in [9.17, 15) is 86.3 Å². The first kappa shape index (κ1) is 114. The van der Waals surface area contributed by atoms with E-state index in [0.29, 0.717) is 84.3 Å². The van der Waals surface area contributed by atoms with Crippen LogP contribution in [0, 0.1) is 97.6 Å². The summed E-state index contributed by atoms with van der Waals surface area (Å²) in [5.74, 6) is -6.30. The lowest BCUT2D eigenvalue weighted by Crippen LogP contribution is -2.62. The molecule has 5 aliphatic heterocycles. The van der Waals surface area contributed by atoms with E-state index in [4.69, 9.17) is 0 Å². The van der Waals surface area contributed by atoms with Crippen LogP contribution in [-0.4, -0.2) is 267 Å². The van der Waals surface area contributed by atoms with Crippen LogP contribution in [0.1, 0.15) is 249 Å². The van der Waals surface area contributed by atoms with Gasteiger partial charge in [-0.05, 0) is 149 Å². The summed E-state index contributed by atoms with van der Waals surface area (Å²) in [6.45, 7) is 57.4. The van der Waals surface area contributed by atoms with Crippen LogP contribution in [0.3, 0.4) is 0 Å². The summed E-state index contributed by atoms with van der Waals surface area (Å²) >= 11 is 0. The Labute approximate surface area is 834 Å². The van der Waals surface area contributed by atoms with Crippen LogP contribution in [0.25, 0.3) is 0 Å². The maximum absolute atomic E-state index is 14.3. The van der Waals surface area contributed by atoms with Crippen LogP contribution in [0.15, 0.2) is 67.2 Å². The maximum Gasteiger partial charge on any atom is 0.315 e. The molecule has 1 aromatic rings. The summed E-state index contributed by atoms with van der Waals surface area (Å²) in [5, 5.41) is 33.7. The van der Waals surface area contributed by atoms with Crippen molar-refractivity contribution in [3.8, 4) is 0 Å². The molecule has 12 N–H and O–H groups in total. The molecule has 141 heavy (non-hydrogen) atoms. The number of carbonyl (C=O) groups is 17. The van der Waals surface area contributed by atoms with E-state index in [1.54, 1.807) is 42.8 Å². The first-order valence-electron chi connectivity index (χ1n) is 51.4. The zero-order valence-electron chi connectivity index (χ0n) is 87.9. The lowest BCUT2D eigenvalue weighted by atomic mass is 9.85. The molecule has 0 aromatic carbocycles. The van der Waals surface area contributed by atoms with E-state index < -0.39 is 148 Å². The topological polar surface area (TPSA) is 473 Å². The highest BCUT2D eigenvalue weighted by Gasteiger charge is 2.73. The van der Waals surface area contributed by atoms with Gasteiger partial charge in [0.05, 0.1) is 36.3 Å². The molecule has 36 heteroatoms. The van der Waals surface area contributed by atoms with Crippen molar-refractivity contribution in [3.63, 3.8) is 0 Å². The number of ketones is 3. The second-order valence-electron chi connectivity index (χ2n) is 47.0. The van der Waals surface area contributed by atoms with Gasteiger partial charge in [-0.15, -0.1) is 19.7 Å². The molecular weight excluding hydrogens is 1800 g/mol. The number of urea groups is 3. The van der Waals surface area contributed by atoms with Crippen molar-refractivity contribution in [2.24, 2.45) is 97.6 Å². The fourth-order valence-corrected chi connectivity index (χ4v) is 21.1. The van der Waals surface area contributed by atoms with Gasteiger partial charge in [0.1, 0.15) is 36.3 Å². The molecule has 0 spiro atoms. The molecular formula is C105H166N18O18. The summed E-state index contributed by atoms with van der Waals surface area (Å²) in [6, 6.07) is -6.12. The number of aromatic nitrogens is 1. The van der Waals surface area contributed by atoms with Crippen molar-refractivity contribution in [2.45, 2.75) is 328 Å². The van der Waals surface area contributed by atoms with Gasteiger partial charge in [-0.3, -0.25) is 71.9 Å². The average molecular weight is 1970 g/mol. The molecule has 5 saturated carbocycles. The average Bonchev–Trinajstić information content (AvgIpc) is 1.53. The number of unbranched alkanes of at least 4 members (excludes halogenated alkanes) is 1. The third-order valence-corrected chi connectivity index (χ3v) is 30.9. The van der Waals surface area contributed by atoms with Crippen molar-refractivity contribution < 1.29 is 81.5 Å². The predicted molar refractivity (Wildman–Crippen MR) is 536 cm³/mol. The van der Waals surface area contributed by atoms with Gasteiger partial charge < -0.3 is 92.9 Å². The molecule has 6 heterocycles. The Morgan fingerprint density at radius 3 is 1.00 bits per heavy atom. The number of Topliss-reactive ketones (excluding diaryl/α,β-unsaturated/α-hetero) is 3. The van der Waals surface area contributed by atoms with Crippen LogP contribution < -0.4 is 69.4 Å². The molecule has 17 amide bonds. The Morgan fingerprint density at radius 2 is 0.723 bits per heavy atom. The van der Waals surface area contributed by atoms with Gasteiger partial charge in [0.15, 0.2) is 0 Å². The molecule has 0 bridgehead atoms. The number of hydrogen-bond donors (Lipinski definition) is 12. The molecule has 5 saturated heterocycles. The van der Waals surface area contributed by atoms with Crippen LogP contribution in [0.2, 0.25) is 0 Å². The van der Waals surface area contributed by atoms with Crippen LogP contribution in [0.4, 0.5) is 14.4 Å². The number of carbonyl (C=O) groups excluding carboxylic acids is 17. The molecule has 0 radical (unpaired) electrons. The molecule has 3 unspecified atom stereocenters. The fourth-order valence-electron chi connectivity index (χ4n) is 21.1. The van der Waals surface area contributed by atoms with E-state index in [-0.39, 0.29) is 155 Å². The van der Waals surface area contributed by atoms with E-state index in [1.807, 2.05) is 111 Å². The summed E-state index contributed by atoms with van der Waals surface area (Å²) in [4.78, 5) is 248. The van der Waals surface area contributed by atoms with Crippen LogP contribution in [-0.2, 0) is 73.7 Å². The third kappa shape index (κ3) is 29.0. The Bertz CT molecular complexity index is 4840. The molecule has 10 aliphatic rings. The molecule has 1 aromatic heterocycles. The zero-order valence-corrected chi connectivity index (χ0v) is 87.9. The normalized spacial score (nSPS) is 24.0. The minimum atomic E-state index is -1.02. The SMILES string of the molecule is C=CCNC(=O)C(=O)C(CC1CC1)NC(=O)[C@@H]1[C@@H]2[C@H](CN1C(=O)[C@@H](NC(=O)N[C@H](CN1CCCCC1=O)C(C)C)C(C)(C)C)C2(C)C.C=CCNC(=O)C(=O)C(CC1CC1)NC(=O)[C@@H]1[C@@H]2[C@H](CN1C(=O)[C@@H](NC(=O)N[C@H](Cn1ccccc1=O)C(C)C)C(C)(C)C)C2(C)C.C=CCNC(=O)C(=O)C(CCCC)NC(=O)[C@@H]1[C@@H]2[C@H](CN1C(=O)[C@@H](NC(=O)N[C@H](CN1CCCCC1=O)C(C)C)C(C)(C)C)C2(C)C. The number of pyridine rings is 1. The standard InChI is InChI=1S/C35H56N6O6.C35H52N6O6.C35H58N6O6/c2*1-9-15-36-31(45)28(43)23(17-21-13-14-21)37-30(44)27-26-22(35(26,7)8)18-41(27)32(46)29(34(4,5)6)39-33(47)38-24(20(2)3)19-40-16-11-10-12-25(40)42;1-10-12-15-23(28(43)31(45)36-17-11-2)37-30(44)27-26-22(35(26,8)9)19-41(27)32(46)29(34(5,6)7)39-33(47)38-24(21(3)4)20-40-18-14-13-16-25(40)42/h9,20-24,26-27,29H,1,10-19H2,2-8H3,(H,36,45)(H,37,44)(H2,38,39,47);9-12,16,20-24,26-27,29H,1,13-15,17-19H2,2-8H3,(H,36,45)(H,37,44)(H2,38,39,47);11,21-24,26-27,29H,2,10,12-20H2,1,3-9H3,(H,36,45)(H,37,44)(H2,38,39,47)/t3*22-,23?,24+,26-,27-,29+/m000/s1. The monoisotopic (exact) mass is 1970 g/mol. The van der Waals surface area contributed by atoms with Crippen molar-refractivity contribution in [2.75, 3.05) is 65.4 Å². The van der Waals surface area contributed by atoms with Crippen molar-refractivity contribution in [1.82, 2.24) is 92.9 Å². The van der Waals surface area contributed by atoms with Gasteiger partial charge in [0, 0.05) is 97.1 Å². The molecule has 11 rings (SSSR count). The second-order valence-corrected chi connectivity index (χ2v) is 47.0. The Balaban J connectivity index is 0.000000236. The van der Waals surface area contributed by atoms with Crippen LogP contribution >= 0.6 is 0 Å². The third-order valence-electron chi connectivity index (χ3n) is 30.9. The highest BCUT2D eigenvalue weighted by atomic mass is 16.2. The van der Waals surface area contributed by atoms with Crippen LogP contribution in [0.5, 0.6) is 0 Å². The minimum absolute atomic E-state index is 0.0113. The van der Waals surface area contributed by atoms with Crippen molar-refractivity contribution >= 4 is 100 Å². The maximum atomic E-state index is 14.3. The number of rotatable bonds is 43.